The van der Waals surface area contributed by atoms with Crippen molar-refractivity contribution >= 4 is 0 Å². The predicted octanol–water partition coefficient (Wildman–Crippen LogP) is 4.77. The summed E-state index contributed by atoms with van der Waals surface area (Å²) in [5.74, 6) is 2.35. The number of rotatable bonds is 6. The van der Waals surface area contributed by atoms with Crippen LogP contribution in [-0.4, -0.2) is 13.1 Å². The van der Waals surface area contributed by atoms with Crippen LogP contribution >= 0.6 is 0 Å². The zero-order chi connectivity index (χ0) is 14.4. The number of nitrogens with one attached hydrogen (secondary N) is 1. The van der Waals surface area contributed by atoms with Gasteiger partial charge in [0.25, 0.3) is 0 Å². The standard InChI is InChI=1S/C19H31N/c1-4-20-14-18-9-5-6-11-19(18)17-10-7-8-16(13-17)12-15(2)3/h7-8,10,13,15,18-20H,4-6,9,11-12,14H2,1-3H3. The van der Waals surface area contributed by atoms with Gasteiger partial charge in [-0.1, -0.05) is 57.9 Å². The van der Waals surface area contributed by atoms with Crippen LogP contribution in [0.4, 0.5) is 0 Å². The molecule has 1 aromatic rings. The van der Waals surface area contributed by atoms with E-state index < -0.39 is 0 Å². The molecular weight excluding hydrogens is 242 g/mol. The summed E-state index contributed by atoms with van der Waals surface area (Å²) in [6.07, 6.45) is 6.80. The molecule has 1 aliphatic carbocycles. The zero-order valence-electron chi connectivity index (χ0n) is 13.5. The van der Waals surface area contributed by atoms with Crippen molar-refractivity contribution in [2.24, 2.45) is 11.8 Å². The van der Waals surface area contributed by atoms with Gasteiger partial charge in [-0.25, -0.2) is 0 Å². The van der Waals surface area contributed by atoms with Crippen LogP contribution in [0, 0.1) is 11.8 Å². The van der Waals surface area contributed by atoms with E-state index in [1.165, 1.54) is 44.2 Å². The second-order valence-corrected chi connectivity index (χ2v) is 6.80. The molecule has 0 spiro atoms. The van der Waals surface area contributed by atoms with Crippen molar-refractivity contribution in [2.45, 2.75) is 58.8 Å². The average molecular weight is 273 g/mol. The van der Waals surface area contributed by atoms with Gasteiger partial charge in [-0.15, -0.1) is 0 Å². The lowest BCUT2D eigenvalue weighted by atomic mass is 9.75. The van der Waals surface area contributed by atoms with E-state index in [0.717, 1.165) is 24.3 Å². The summed E-state index contributed by atoms with van der Waals surface area (Å²) in [4.78, 5) is 0. The molecule has 112 valence electrons. The predicted molar refractivity (Wildman–Crippen MR) is 88.2 cm³/mol. The van der Waals surface area contributed by atoms with E-state index in [1.54, 1.807) is 5.56 Å². The molecule has 0 amide bonds. The third kappa shape index (κ3) is 4.34. The largest absolute Gasteiger partial charge is 0.317 e. The second-order valence-electron chi connectivity index (χ2n) is 6.80. The molecule has 2 atom stereocenters. The fourth-order valence-electron chi connectivity index (χ4n) is 3.64. The summed E-state index contributed by atoms with van der Waals surface area (Å²) in [5.41, 5.74) is 3.11. The Balaban J connectivity index is 2.10. The molecule has 2 rings (SSSR count). The van der Waals surface area contributed by atoms with E-state index in [4.69, 9.17) is 0 Å². The third-order valence-corrected chi connectivity index (χ3v) is 4.59. The van der Waals surface area contributed by atoms with E-state index >= 15 is 0 Å². The maximum Gasteiger partial charge on any atom is -0.00148 e. The second kappa shape index (κ2) is 7.83. The first-order chi connectivity index (χ1) is 9.70. The van der Waals surface area contributed by atoms with Crippen molar-refractivity contribution in [3.8, 4) is 0 Å². The molecule has 0 aliphatic heterocycles. The summed E-state index contributed by atoms with van der Waals surface area (Å²) in [5, 5.41) is 3.56. The molecule has 0 aromatic heterocycles. The topological polar surface area (TPSA) is 12.0 Å². The first-order valence-electron chi connectivity index (χ1n) is 8.50. The van der Waals surface area contributed by atoms with E-state index in [9.17, 15) is 0 Å². The van der Waals surface area contributed by atoms with Gasteiger partial charge in [-0.2, -0.15) is 0 Å². The van der Waals surface area contributed by atoms with Crippen molar-refractivity contribution in [3.63, 3.8) is 0 Å². The monoisotopic (exact) mass is 273 g/mol. The maximum atomic E-state index is 3.56. The Bertz CT molecular complexity index is 397. The van der Waals surface area contributed by atoms with Crippen LogP contribution in [0.25, 0.3) is 0 Å². The van der Waals surface area contributed by atoms with Crippen LogP contribution in [0.1, 0.15) is 63.5 Å². The van der Waals surface area contributed by atoms with E-state index in [-0.39, 0.29) is 0 Å². The van der Waals surface area contributed by atoms with Gasteiger partial charge < -0.3 is 5.32 Å². The lowest BCUT2D eigenvalue weighted by molar-refractivity contribution is 0.297. The van der Waals surface area contributed by atoms with Gasteiger partial charge in [0.2, 0.25) is 0 Å². The molecule has 1 nitrogen and oxygen atoms in total. The van der Waals surface area contributed by atoms with Crippen LogP contribution in [0.2, 0.25) is 0 Å². The Kier molecular flexibility index (Phi) is 6.09. The molecule has 0 saturated heterocycles. The normalized spacial score (nSPS) is 23.2. The van der Waals surface area contributed by atoms with Crippen molar-refractivity contribution < 1.29 is 0 Å². The van der Waals surface area contributed by atoms with Crippen LogP contribution in [0.3, 0.4) is 0 Å². The highest BCUT2D eigenvalue weighted by Gasteiger charge is 2.26. The summed E-state index contributed by atoms with van der Waals surface area (Å²) in [7, 11) is 0. The molecule has 1 aliphatic rings. The molecule has 0 bridgehead atoms. The highest BCUT2D eigenvalue weighted by atomic mass is 14.8. The fourth-order valence-corrected chi connectivity index (χ4v) is 3.64. The summed E-state index contributed by atoms with van der Waals surface area (Å²) < 4.78 is 0. The Morgan fingerprint density at radius 1 is 1.20 bits per heavy atom. The van der Waals surface area contributed by atoms with Crippen molar-refractivity contribution in [2.75, 3.05) is 13.1 Å². The van der Waals surface area contributed by atoms with Gasteiger partial charge in [-0.05, 0) is 61.2 Å². The number of benzene rings is 1. The Hall–Kier alpha value is -0.820. The van der Waals surface area contributed by atoms with Gasteiger partial charge >= 0.3 is 0 Å². The van der Waals surface area contributed by atoms with Crippen molar-refractivity contribution in [1.82, 2.24) is 5.32 Å². The first kappa shape index (κ1) is 15.6. The van der Waals surface area contributed by atoms with Gasteiger partial charge in [0, 0.05) is 0 Å². The van der Waals surface area contributed by atoms with E-state index in [2.05, 4.69) is 50.4 Å². The quantitative estimate of drug-likeness (QED) is 0.787. The van der Waals surface area contributed by atoms with E-state index in [0.29, 0.717) is 0 Å². The fraction of sp³-hybridized carbons (Fsp3) is 0.684. The van der Waals surface area contributed by atoms with Gasteiger partial charge in [0.1, 0.15) is 0 Å². The van der Waals surface area contributed by atoms with Gasteiger partial charge in [0.05, 0.1) is 0 Å². The molecule has 20 heavy (non-hydrogen) atoms. The van der Waals surface area contributed by atoms with Gasteiger partial charge in [-0.3, -0.25) is 0 Å². The maximum absolute atomic E-state index is 3.56. The molecule has 1 saturated carbocycles. The van der Waals surface area contributed by atoms with Crippen LogP contribution in [0.15, 0.2) is 24.3 Å². The molecule has 1 heteroatoms. The van der Waals surface area contributed by atoms with Crippen LogP contribution in [0.5, 0.6) is 0 Å². The van der Waals surface area contributed by atoms with Crippen molar-refractivity contribution in [3.05, 3.63) is 35.4 Å². The van der Waals surface area contributed by atoms with Crippen LogP contribution in [-0.2, 0) is 6.42 Å². The first-order valence-corrected chi connectivity index (χ1v) is 8.50. The lowest BCUT2D eigenvalue weighted by Crippen LogP contribution is -2.29. The highest BCUT2D eigenvalue weighted by molar-refractivity contribution is 5.27. The summed E-state index contributed by atoms with van der Waals surface area (Å²) >= 11 is 0. The third-order valence-electron chi connectivity index (χ3n) is 4.59. The minimum Gasteiger partial charge on any atom is -0.317 e. The molecule has 0 heterocycles. The Morgan fingerprint density at radius 3 is 2.75 bits per heavy atom. The minimum absolute atomic E-state index is 0.745. The SMILES string of the molecule is CCNCC1CCCCC1c1cccc(CC(C)C)c1. The van der Waals surface area contributed by atoms with Crippen molar-refractivity contribution in [1.29, 1.82) is 0 Å². The lowest BCUT2D eigenvalue weighted by Gasteiger charge is -2.32. The summed E-state index contributed by atoms with van der Waals surface area (Å²) in [6, 6.07) is 9.41. The minimum atomic E-state index is 0.745. The molecule has 1 fully saturated rings. The van der Waals surface area contributed by atoms with Crippen LogP contribution < -0.4 is 5.32 Å². The number of hydrogen-bond donors (Lipinski definition) is 1. The molecule has 0 radical (unpaired) electrons. The Labute approximate surface area is 125 Å². The zero-order valence-corrected chi connectivity index (χ0v) is 13.5. The highest BCUT2D eigenvalue weighted by Crippen LogP contribution is 2.37. The molecular formula is C19H31N. The Morgan fingerprint density at radius 2 is 2.00 bits per heavy atom. The molecule has 1 aromatic carbocycles. The van der Waals surface area contributed by atoms with Gasteiger partial charge in [0.15, 0.2) is 0 Å². The summed E-state index contributed by atoms with van der Waals surface area (Å²) in [6.45, 7) is 9.11. The number of hydrogen-bond acceptors (Lipinski definition) is 1. The molecule has 2 unspecified atom stereocenters. The molecule has 1 N–H and O–H groups in total. The average Bonchev–Trinajstić information content (AvgIpc) is 2.45. The van der Waals surface area contributed by atoms with E-state index in [1.807, 2.05) is 0 Å². The smallest absolute Gasteiger partial charge is 0.00148 e.